The molecule has 0 radical (unpaired) electrons. The molecule has 6 nitrogen and oxygen atoms in total. The van der Waals surface area contributed by atoms with E-state index in [0.717, 1.165) is 42.9 Å². The van der Waals surface area contributed by atoms with Gasteiger partial charge in [0, 0.05) is 57.0 Å². The van der Waals surface area contributed by atoms with Crippen molar-refractivity contribution in [2.75, 3.05) is 18.0 Å². The first-order valence-electron chi connectivity index (χ1n) is 8.22. The topological polar surface area (TPSA) is 63.1 Å². The molecular weight excluding hydrogens is 304 g/mol. The average molecular weight is 324 g/mol. The normalized spacial score (nSPS) is 15.8. The molecule has 0 saturated carbocycles. The summed E-state index contributed by atoms with van der Waals surface area (Å²) in [4.78, 5) is 21.8. The van der Waals surface area contributed by atoms with Crippen LogP contribution in [0.3, 0.4) is 0 Å². The van der Waals surface area contributed by atoms with Crippen LogP contribution in [0.1, 0.15) is 12.8 Å². The van der Waals surface area contributed by atoms with Crippen molar-refractivity contribution in [3.05, 3.63) is 53.2 Å². The predicted octanol–water partition coefficient (Wildman–Crippen LogP) is 2.31. The van der Waals surface area contributed by atoms with Crippen molar-refractivity contribution in [1.82, 2.24) is 14.5 Å². The smallest absolute Gasteiger partial charge is 0.274 e. The lowest BCUT2D eigenvalue weighted by Crippen LogP contribution is -2.38. The van der Waals surface area contributed by atoms with Gasteiger partial charge in [-0.05, 0) is 18.2 Å². The van der Waals surface area contributed by atoms with Crippen molar-refractivity contribution in [2.24, 2.45) is 7.05 Å². The number of nitrogens with zero attached hydrogens (tertiary/aromatic N) is 3. The fraction of sp³-hybridized carbons (Fsp3) is 0.333. The van der Waals surface area contributed by atoms with Crippen LogP contribution >= 0.6 is 0 Å². The van der Waals surface area contributed by atoms with E-state index in [1.807, 2.05) is 30.5 Å². The van der Waals surface area contributed by atoms with E-state index in [9.17, 15) is 4.79 Å². The van der Waals surface area contributed by atoms with Gasteiger partial charge in [-0.15, -0.1) is 0 Å². The number of hydrogen-bond donors (Lipinski definition) is 1. The molecule has 3 aromatic rings. The maximum Gasteiger partial charge on any atom is 0.274 e. The molecule has 0 amide bonds. The van der Waals surface area contributed by atoms with E-state index in [0.29, 0.717) is 5.52 Å². The molecule has 1 saturated heterocycles. The summed E-state index contributed by atoms with van der Waals surface area (Å²) in [5, 5.41) is 0.852. The summed E-state index contributed by atoms with van der Waals surface area (Å²) in [5.41, 5.74) is 0.563. The highest BCUT2D eigenvalue weighted by molar-refractivity contribution is 5.84. The number of aryl methyl sites for hydroxylation is 1. The number of ether oxygens (including phenoxy) is 1. The van der Waals surface area contributed by atoms with E-state index in [-0.39, 0.29) is 11.7 Å². The molecule has 4 rings (SSSR count). The van der Waals surface area contributed by atoms with E-state index in [4.69, 9.17) is 4.74 Å². The van der Waals surface area contributed by atoms with Crippen LogP contribution in [0.4, 0.5) is 5.82 Å². The Hall–Kier alpha value is -2.76. The molecule has 24 heavy (non-hydrogen) atoms. The number of aromatic amines is 1. The van der Waals surface area contributed by atoms with Crippen LogP contribution in [0, 0.1) is 0 Å². The molecule has 1 fully saturated rings. The quantitative estimate of drug-likeness (QED) is 0.803. The zero-order chi connectivity index (χ0) is 16.5. The van der Waals surface area contributed by atoms with Gasteiger partial charge in [0.05, 0.1) is 0 Å². The Kier molecular flexibility index (Phi) is 3.72. The van der Waals surface area contributed by atoms with Crippen molar-refractivity contribution in [3.8, 4) is 5.75 Å². The summed E-state index contributed by atoms with van der Waals surface area (Å²) < 4.78 is 7.79. The second-order valence-corrected chi connectivity index (χ2v) is 6.17. The van der Waals surface area contributed by atoms with Crippen LogP contribution in [0.25, 0.3) is 10.9 Å². The minimum Gasteiger partial charge on any atom is -0.488 e. The van der Waals surface area contributed by atoms with Gasteiger partial charge in [0.25, 0.3) is 5.56 Å². The van der Waals surface area contributed by atoms with Crippen LogP contribution in [-0.2, 0) is 7.05 Å². The molecule has 4 heterocycles. The van der Waals surface area contributed by atoms with E-state index >= 15 is 0 Å². The first-order valence-corrected chi connectivity index (χ1v) is 8.22. The number of aromatic nitrogens is 3. The van der Waals surface area contributed by atoms with E-state index in [1.165, 1.54) is 0 Å². The highest BCUT2D eigenvalue weighted by Crippen LogP contribution is 2.26. The van der Waals surface area contributed by atoms with Gasteiger partial charge in [-0.1, -0.05) is 6.07 Å². The lowest BCUT2D eigenvalue weighted by Gasteiger charge is -2.33. The molecule has 0 aromatic carbocycles. The molecule has 0 atom stereocenters. The SMILES string of the molecule is Cn1cc(OC2CCN(c3ccccn3)CC2)c2cc[nH]c2c1=O. The van der Waals surface area contributed by atoms with Crippen LogP contribution in [0.2, 0.25) is 0 Å². The Labute approximate surface area is 139 Å². The summed E-state index contributed by atoms with van der Waals surface area (Å²) in [6, 6.07) is 7.88. The molecule has 1 aliphatic rings. The Morgan fingerprint density at radius 2 is 2.08 bits per heavy atom. The van der Waals surface area contributed by atoms with Crippen molar-refractivity contribution < 1.29 is 4.74 Å². The fourth-order valence-electron chi connectivity index (χ4n) is 3.25. The fourth-order valence-corrected chi connectivity index (χ4v) is 3.25. The van der Waals surface area contributed by atoms with Crippen molar-refractivity contribution in [3.63, 3.8) is 0 Å². The number of rotatable bonds is 3. The zero-order valence-corrected chi connectivity index (χ0v) is 13.6. The molecule has 0 bridgehead atoms. The lowest BCUT2D eigenvalue weighted by atomic mass is 10.1. The van der Waals surface area contributed by atoms with Gasteiger partial charge < -0.3 is 19.2 Å². The summed E-state index contributed by atoms with van der Waals surface area (Å²) in [7, 11) is 1.75. The third-order valence-corrected chi connectivity index (χ3v) is 4.57. The third-order valence-electron chi connectivity index (χ3n) is 4.57. The van der Waals surface area contributed by atoms with Gasteiger partial charge in [0.2, 0.25) is 0 Å². The average Bonchev–Trinajstić information content (AvgIpc) is 3.11. The highest BCUT2D eigenvalue weighted by Gasteiger charge is 2.22. The van der Waals surface area contributed by atoms with Gasteiger partial charge in [-0.2, -0.15) is 0 Å². The standard InChI is InChI=1S/C18H20N4O2/c1-21-12-15(14-5-9-20-17(14)18(21)23)24-13-6-10-22(11-7-13)16-4-2-3-8-19-16/h2-5,8-9,12-13,20H,6-7,10-11H2,1H3. The zero-order valence-electron chi connectivity index (χ0n) is 13.6. The first-order chi connectivity index (χ1) is 11.7. The van der Waals surface area contributed by atoms with Gasteiger partial charge in [-0.3, -0.25) is 4.79 Å². The first kappa shape index (κ1) is 14.8. The Morgan fingerprint density at radius 1 is 1.25 bits per heavy atom. The van der Waals surface area contributed by atoms with Gasteiger partial charge in [0.15, 0.2) is 0 Å². The molecule has 124 valence electrons. The third kappa shape index (κ3) is 2.64. The number of pyridine rings is 2. The molecule has 1 N–H and O–H groups in total. The summed E-state index contributed by atoms with van der Waals surface area (Å²) in [6.07, 6.45) is 7.41. The number of nitrogens with one attached hydrogen (secondary N) is 1. The Balaban J connectivity index is 1.49. The van der Waals surface area contributed by atoms with E-state index in [2.05, 4.69) is 14.9 Å². The van der Waals surface area contributed by atoms with Crippen molar-refractivity contribution >= 4 is 16.7 Å². The molecular formula is C18H20N4O2. The minimum absolute atomic E-state index is 0.0349. The Bertz CT molecular complexity index is 892. The Morgan fingerprint density at radius 3 is 2.83 bits per heavy atom. The minimum atomic E-state index is -0.0349. The van der Waals surface area contributed by atoms with Gasteiger partial charge in [-0.25, -0.2) is 4.98 Å². The number of H-pyrrole nitrogens is 1. The highest BCUT2D eigenvalue weighted by atomic mass is 16.5. The van der Waals surface area contributed by atoms with Crippen LogP contribution in [-0.4, -0.2) is 33.7 Å². The van der Waals surface area contributed by atoms with E-state index < -0.39 is 0 Å². The van der Waals surface area contributed by atoms with Crippen LogP contribution in [0.15, 0.2) is 47.7 Å². The predicted molar refractivity (Wildman–Crippen MR) is 93.6 cm³/mol. The largest absolute Gasteiger partial charge is 0.488 e. The molecule has 3 aromatic heterocycles. The number of anilines is 1. The van der Waals surface area contributed by atoms with Crippen LogP contribution < -0.4 is 15.2 Å². The van der Waals surface area contributed by atoms with Crippen molar-refractivity contribution in [1.29, 1.82) is 0 Å². The van der Waals surface area contributed by atoms with Crippen LogP contribution in [0.5, 0.6) is 5.75 Å². The monoisotopic (exact) mass is 324 g/mol. The number of piperidine rings is 1. The molecule has 6 heteroatoms. The second kappa shape index (κ2) is 6.03. The maximum absolute atomic E-state index is 12.1. The molecule has 0 spiro atoms. The molecule has 0 aliphatic carbocycles. The van der Waals surface area contributed by atoms with Gasteiger partial charge >= 0.3 is 0 Å². The van der Waals surface area contributed by atoms with Crippen molar-refractivity contribution in [2.45, 2.75) is 18.9 Å². The number of hydrogen-bond acceptors (Lipinski definition) is 4. The van der Waals surface area contributed by atoms with Gasteiger partial charge in [0.1, 0.15) is 23.2 Å². The lowest BCUT2D eigenvalue weighted by molar-refractivity contribution is 0.172. The molecule has 0 unspecified atom stereocenters. The summed E-state index contributed by atoms with van der Waals surface area (Å²) in [6.45, 7) is 1.84. The van der Waals surface area contributed by atoms with E-state index in [1.54, 1.807) is 24.0 Å². The summed E-state index contributed by atoms with van der Waals surface area (Å²) >= 11 is 0. The summed E-state index contributed by atoms with van der Waals surface area (Å²) in [5.74, 6) is 1.79. The maximum atomic E-state index is 12.1. The number of fused-ring (bicyclic) bond motifs is 1. The second-order valence-electron chi connectivity index (χ2n) is 6.17. The molecule has 1 aliphatic heterocycles.